The maximum absolute atomic E-state index is 12.7. The lowest BCUT2D eigenvalue weighted by molar-refractivity contribution is -0.137. The Morgan fingerprint density at radius 1 is 1.02 bits per heavy atom. The van der Waals surface area contributed by atoms with E-state index in [1.807, 2.05) is 0 Å². The zero-order chi connectivity index (χ0) is 44.3. The molecule has 1 aliphatic rings. The Bertz CT molecular complexity index is 1940. The molecule has 8 atom stereocenters. The highest BCUT2D eigenvalue weighted by Gasteiger charge is 2.50. The van der Waals surface area contributed by atoms with Gasteiger partial charge in [-0.05, 0) is 12.8 Å². The van der Waals surface area contributed by atoms with Crippen LogP contribution in [0, 0.1) is 5.41 Å². The van der Waals surface area contributed by atoms with Crippen LogP contribution in [0.4, 0.5) is 5.82 Å². The Morgan fingerprint density at radius 3 is 2.36 bits per heavy atom. The molecule has 1 aliphatic heterocycles. The van der Waals surface area contributed by atoms with Gasteiger partial charge in [-0.1, -0.05) is 32.0 Å². The number of carboxylic acid groups (broad SMARTS) is 1. The number of nitrogens with zero attached hydrogens (tertiary/aromatic N) is 4. The number of fused-ring (bicyclic) bond motifs is 1. The summed E-state index contributed by atoms with van der Waals surface area (Å²) in [5, 5.41) is 34.6. The van der Waals surface area contributed by atoms with Gasteiger partial charge in [0.15, 0.2) is 17.7 Å². The van der Waals surface area contributed by atoms with Crippen LogP contribution in [-0.4, -0.2) is 140 Å². The van der Waals surface area contributed by atoms with Crippen molar-refractivity contribution < 1.29 is 90.4 Å². The number of hydrogen-bond acceptors (Lipinski definition) is 20. The fourth-order valence-corrected chi connectivity index (χ4v) is 8.71. The minimum Gasteiger partial charge on any atom is -0.481 e. The molecule has 59 heavy (non-hydrogen) atoms. The molecule has 13 N–H and O–H groups in total. The van der Waals surface area contributed by atoms with Crippen molar-refractivity contribution in [3.63, 3.8) is 0 Å². The van der Waals surface area contributed by atoms with Gasteiger partial charge in [-0.15, -0.1) is 0 Å². The van der Waals surface area contributed by atoms with Gasteiger partial charge in [0.05, 0.1) is 25.6 Å². The third-order valence-corrected chi connectivity index (χ3v) is 12.3. The summed E-state index contributed by atoms with van der Waals surface area (Å²) in [7, 11) is -16.5. The van der Waals surface area contributed by atoms with Gasteiger partial charge >= 0.3 is 29.4 Å². The van der Waals surface area contributed by atoms with E-state index in [1.54, 1.807) is 0 Å². The van der Waals surface area contributed by atoms with Crippen LogP contribution in [0.5, 0.6) is 0 Å². The summed E-state index contributed by atoms with van der Waals surface area (Å²) in [6.07, 6.45) is -5.92. The maximum atomic E-state index is 12.7. The number of nitrogens with one attached hydrogen (secondary N) is 2. The van der Waals surface area contributed by atoms with Crippen molar-refractivity contribution in [2.24, 2.45) is 11.1 Å². The number of thioether (sulfide) groups is 1. The van der Waals surface area contributed by atoms with Crippen LogP contribution in [0.3, 0.4) is 0 Å². The number of nitrogens with two attached hydrogens (primary N) is 2. The first-order chi connectivity index (χ1) is 27.3. The molecule has 0 aliphatic carbocycles. The molecule has 1 fully saturated rings. The monoisotopic (exact) mass is 924 g/mol. The van der Waals surface area contributed by atoms with Gasteiger partial charge in [-0.2, -0.15) is 4.31 Å². The zero-order valence-corrected chi connectivity index (χ0v) is 34.9. The van der Waals surface area contributed by atoms with Crippen molar-refractivity contribution in [3.05, 3.63) is 12.7 Å². The Balaban J connectivity index is 1.44. The number of nitrogen functional groups attached to an aromatic ring is 1. The first-order valence-corrected chi connectivity index (χ1v) is 22.9. The van der Waals surface area contributed by atoms with Crippen molar-refractivity contribution >= 4 is 75.1 Å². The van der Waals surface area contributed by atoms with E-state index >= 15 is 0 Å². The van der Waals surface area contributed by atoms with Crippen LogP contribution in [0.1, 0.15) is 52.2 Å². The van der Waals surface area contributed by atoms with Crippen LogP contribution in [-0.2, 0) is 55.5 Å². The van der Waals surface area contributed by atoms with E-state index in [4.69, 9.17) is 30.4 Å². The number of ether oxygens (including phenoxy) is 1. The van der Waals surface area contributed by atoms with Gasteiger partial charge in [0.25, 0.3) is 0 Å². The van der Waals surface area contributed by atoms with Gasteiger partial charge in [-0.25, -0.2) is 28.6 Å². The number of hydrogen-bond donors (Lipinski definition) is 11. The van der Waals surface area contributed by atoms with Gasteiger partial charge in [0.1, 0.15) is 36.3 Å². The molecule has 0 spiro atoms. The van der Waals surface area contributed by atoms with Crippen molar-refractivity contribution in [1.29, 1.82) is 0 Å². The lowest BCUT2D eigenvalue weighted by Gasteiger charge is -2.30. The van der Waals surface area contributed by atoms with Crippen LogP contribution in [0.15, 0.2) is 12.7 Å². The van der Waals surface area contributed by atoms with Crippen LogP contribution in [0.2, 0.25) is 0 Å². The SMILES string of the molecule is CC(C)(COP(=O)(O)OP(=O)(O)OCC1OC(n2cnc3c(N)ncnc32)C(O)C1OP(=O)(O)O)C(O)C(=O)NCCC(=O)NCCSC(=O)C(N)CCCCC(=O)O. The van der Waals surface area contributed by atoms with Crippen LogP contribution in [0.25, 0.3) is 11.2 Å². The summed E-state index contributed by atoms with van der Waals surface area (Å²) >= 11 is 0.901. The fraction of sp³-hybridized carbons (Fsp3) is 0.679. The normalized spacial score (nSPS) is 21.6. The summed E-state index contributed by atoms with van der Waals surface area (Å²) in [5.41, 5.74) is 10.0. The number of aliphatic carboxylic acids is 1. The number of carbonyl (C=O) groups is 4. The van der Waals surface area contributed by atoms with Crippen molar-refractivity contribution in [3.8, 4) is 0 Å². The van der Waals surface area contributed by atoms with Gasteiger partial charge < -0.3 is 61.7 Å². The molecule has 2 aromatic heterocycles. The lowest BCUT2D eigenvalue weighted by atomic mass is 9.87. The minimum atomic E-state index is -5.59. The molecule has 334 valence electrons. The van der Waals surface area contributed by atoms with E-state index in [2.05, 4.69) is 34.4 Å². The van der Waals surface area contributed by atoms with E-state index in [-0.39, 0.29) is 53.8 Å². The Kier molecular flexibility index (Phi) is 18.5. The summed E-state index contributed by atoms with van der Waals surface area (Å²) in [6.45, 7) is 0.237. The molecular weight excluding hydrogens is 877 g/mol. The smallest absolute Gasteiger partial charge is 0.481 e. The molecule has 31 heteroatoms. The summed E-state index contributed by atoms with van der Waals surface area (Å²) < 4.78 is 62.1. The van der Waals surface area contributed by atoms with Crippen molar-refractivity contribution in [2.75, 3.05) is 37.8 Å². The highest BCUT2D eigenvalue weighted by Crippen LogP contribution is 2.61. The third kappa shape index (κ3) is 16.1. The summed E-state index contributed by atoms with van der Waals surface area (Å²) in [5.74, 6) is -2.31. The average Bonchev–Trinajstić information content (AvgIpc) is 3.69. The first-order valence-electron chi connectivity index (χ1n) is 17.4. The first kappa shape index (κ1) is 50.3. The molecule has 0 radical (unpaired) electrons. The largest absolute Gasteiger partial charge is 0.481 e. The van der Waals surface area contributed by atoms with E-state index < -0.39 is 96.6 Å². The number of anilines is 1. The molecule has 1 saturated heterocycles. The molecule has 0 saturated carbocycles. The van der Waals surface area contributed by atoms with Crippen LogP contribution >= 0.6 is 35.2 Å². The number of carboxylic acids is 1. The standard InChI is InChI=1S/C28H47N8O19P3S/c1-28(2,22(41)25(42)32-8-7-17(37)31-9-10-59-27(43)15(29)5-3-4-6-18(38)39)12-52-58(49,50)55-57(47,48)51-11-16-21(54-56(44,45)46)20(40)26(53-16)36-14-35-19-23(30)33-13-34-24(19)36/h13-16,20-22,26,40-41H,3-12,29H2,1-2H3,(H,31,37)(H,32,42)(H,38,39)(H,47,48)(H,49,50)(H2,30,33,34)(H2,44,45,46). The number of phosphoric ester groups is 3. The molecule has 27 nitrogen and oxygen atoms in total. The predicted octanol–water partition coefficient (Wildman–Crippen LogP) is -1.36. The zero-order valence-electron chi connectivity index (χ0n) is 31.4. The lowest BCUT2D eigenvalue weighted by Crippen LogP contribution is -2.46. The number of aliphatic hydroxyl groups excluding tert-OH is 2. The number of imidazole rings is 1. The van der Waals surface area contributed by atoms with Gasteiger partial charge in [0.2, 0.25) is 16.9 Å². The van der Waals surface area contributed by atoms with Gasteiger partial charge in [0, 0.05) is 37.1 Å². The number of unbranched alkanes of at least 4 members (excludes halogenated alkanes) is 1. The summed E-state index contributed by atoms with van der Waals surface area (Å²) in [6, 6.07) is -0.776. The van der Waals surface area contributed by atoms with Gasteiger partial charge in [-0.3, -0.25) is 37.3 Å². The Labute approximate surface area is 339 Å². The third-order valence-electron chi connectivity index (χ3n) is 8.20. The minimum absolute atomic E-state index is 0.0194. The van der Waals surface area contributed by atoms with Crippen molar-refractivity contribution in [1.82, 2.24) is 30.2 Å². The topological polar surface area (TPSA) is 427 Å². The number of aromatic nitrogens is 4. The van der Waals surface area contributed by atoms with E-state index in [1.165, 1.54) is 13.8 Å². The second-order valence-corrected chi connectivity index (χ2v) is 18.8. The number of aliphatic hydroxyl groups is 2. The molecule has 2 aromatic rings. The van der Waals surface area contributed by atoms with E-state index in [9.17, 15) is 62.7 Å². The van der Waals surface area contributed by atoms with E-state index in [0.29, 0.717) is 19.3 Å². The second kappa shape index (κ2) is 21.7. The summed E-state index contributed by atoms with van der Waals surface area (Å²) in [4.78, 5) is 98.3. The molecule has 3 heterocycles. The van der Waals surface area contributed by atoms with E-state index in [0.717, 1.165) is 29.0 Å². The second-order valence-electron chi connectivity index (χ2n) is 13.5. The fourth-order valence-electron chi connectivity index (χ4n) is 5.15. The van der Waals surface area contributed by atoms with Crippen molar-refractivity contribution in [2.45, 2.75) is 82.6 Å². The average molecular weight is 925 g/mol. The molecule has 0 aromatic carbocycles. The predicted molar refractivity (Wildman–Crippen MR) is 201 cm³/mol. The molecule has 2 amide bonds. The molecule has 3 rings (SSSR count). The quantitative estimate of drug-likeness (QED) is 0.0404. The highest BCUT2D eigenvalue weighted by molar-refractivity contribution is 8.13. The highest BCUT2D eigenvalue weighted by atomic mass is 32.2. The number of amides is 2. The Hall–Kier alpha value is -3.01. The van der Waals surface area contributed by atoms with Crippen LogP contribution < -0.4 is 22.1 Å². The molecule has 8 unspecified atom stereocenters. The number of rotatable bonds is 25. The number of phosphoric acid groups is 3. The Morgan fingerprint density at radius 2 is 1.69 bits per heavy atom. The number of carbonyl (C=O) groups excluding carboxylic acids is 3. The molecule has 0 bridgehead atoms. The molecular formula is C28H47N8O19P3S. The maximum Gasteiger partial charge on any atom is 0.481 e.